The third kappa shape index (κ3) is 4.54. The molecule has 5 nitrogen and oxygen atoms in total. The zero-order chi connectivity index (χ0) is 14.2. The minimum absolute atomic E-state index is 0.0670. The van der Waals surface area contributed by atoms with Crippen LogP contribution >= 0.6 is 0 Å². The van der Waals surface area contributed by atoms with E-state index >= 15 is 0 Å². The molecule has 0 radical (unpaired) electrons. The largest absolute Gasteiger partial charge is 0.338 e. The van der Waals surface area contributed by atoms with E-state index in [1.165, 1.54) is 25.7 Å². The molecule has 1 aliphatic carbocycles. The van der Waals surface area contributed by atoms with Gasteiger partial charge in [-0.15, -0.1) is 0 Å². The van der Waals surface area contributed by atoms with Crippen molar-refractivity contribution in [2.75, 3.05) is 13.6 Å². The fourth-order valence-electron chi connectivity index (χ4n) is 2.80. The molecule has 1 aromatic rings. The lowest BCUT2D eigenvalue weighted by atomic mass is 10.1. The van der Waals surface area contributed by atoms with Gasteiger partial charge in [-0.3, -0.25) is 4.68 Å². The van der Waals surface area contributed by atoms with Gasteiger partial charge in [-0.1, -0.05) is 25.7 Å². The molecule has 1 fully saturated rings. The first-order valence-corrected chi connectivity index (χ1v) is 7.75. The molecule has 0 atom stereocenters. The number of urea groups is 1. The first-order valence-electron chi connectivity index (χ1n) is 7.75. The number of hydrogen-bond donors (Lipinski definition) is 1. The summed E-state index contributed by atoms with van der Waals surface area (Å²) in [6.45, 7) is 1.55. The zero-order valence-corrected chi connectivity index (χ0v) is 12.4. The average molecular weight is 278 g/mol. The van der Waals surface area contributed by atoms with Gasteiger partial charge in [0, 0.05) is 38.6 Å². The number of nitrogens with zero attached hydrogens (tertiary/aromatic N) is 3. The maximum Gasteiger partial charge on any atom is 0.317 e. The fourth-order valence-corrected chi connectivity index (χ4v) is 2.80. The van der Waals surface area contributed by atoms with Crippen molar-refractivity contribution < 1.29 is 4.79 Å². The summed E-state index contributed by atoms with van der Waals surface area (Å²) in [6, 6.07) is 2.40. The first-order chi connectivity index (χ1) is 9.77. The van der Waals surface area contributed by atoms with Gasteiger partial charge in [-0.05, 0) is 25.3 Å². The number of hydrogen-bond acceptors (Lipinski definition) is 2. The molecule has 1 heterocycles. The summed E-state index contributed by atoms with van der Waals surface area (Å²) >= 11 is 0. The van der Waals surface area contributed by atoms with Crippen LogP contribution in [-0.4, -0.2) is 40.3 Å². The van der Waals surface area contributed by atoms with Gasteiger partial charge in [0.15, 0.2) is 0 Å². The zero-order valence-electron chi connectivity index (χ0n) is 12.4. The van der Waals surface area contributed by atoms with Crippen LogP contribution in [0.1, 0.15) is 44.9 Å². The lowest BCUT2D eigenvalue weighted by molar-refractivity contribution is 0.184. The Morgan fingerprint density at radius 3 is 2.75 bits per heavy atom. The van der Waals surface area contributed by atoms with Crippen LogP contribution in [0.3, 0.4) is 0 Å². The number of aromatic nitrogens is 2. The van der Waals surface area contributed by atoms with Crippen molar-refractivity contribution in [2.45, 2.75) is 57.5 Å². The van der Waals surface area contributed by atoms with Crippen LogP contribution in [0, 0.1) is 0 Å². The predicted octanol–water partition coefficient (Wildman–Crippen LogP) is 2.64. The van der Waals surface area contributed by atoms with Crippen LogP contribution < -0.4 is 5.32 Å². The standard InChI is InChI=1S/C15H26N4O/c1-18(14-8-4-2-3-5-9-14)15(20)16-10-6-12-19-13-7-11-17-19/h7,11,13-14H,2-6,8-10,12H2,1H3,(H,16,20). The molecule has 2 amide bonds. The van der Waals surface area contributed by atoms with E-state index in [-0.39, 0.29) is 6.03 Å². The Morgan fingerprint density at radius 2 is 2.10 bits per heavy atom. The van der Waals surface area contributed by atoms with Crippen molar-refractivity contribution in [3.8, 4) is 0 Å². The molecule has 20 heavy (non-hydrogen) atoms. The summed E-state index contributed by atoms with van der Waals surface area (Å²) < 4.78 is 1.89. The van der Waals surface area contributed by atoms with Crippen molar-refractivity contribution in [2.24, 2.45) is 0 Å². The van der Waals surface area contributed by atoms with E-state index in [0.717, 1.165) is 25.8 Å². The lowest BCUT2D eigenvalue weighted by Crippen LogP contribution is -2.43. The SMILES string of the molecule is CN(C(=O)NCCCn1cccn1)C1CCCCCC1. The minimum Gasteiger partial charge on any atom is -0.338 e. The highest BCUT2D eigenvalue weighted by Crippen LogP contribution is 2.20. The molecule has 2 rings (SSSR count). The predicted molar refractivity (Wildman–Crippen MR) is 79.5 cm³/mol. The second kappa shape index (κ2) is 7.92. The van der Waals surface area contributed by atoms with E-state index < -0.39 is 0 Å². The van der Waals surface area contributed by atoms with Gasteiger partial charge < -0.3 is 10.2 Å². The van der Waals surface area contributed by atoms with Gasteiger partial charge in [0.2, 0.25) is 0 Å². The Morgan fingerprint density at radius 1 is 1.35 bits per heavy atom. The molecule has 1 aromatic heterocycles. The van der Waals surface area contributed by atoms with Gasteiger partial charge in [-0.25, -0.2) is 4.79 Å². The molecule has 0 aliphatic heterocycles. The Kier molecular flexibility index (Phi) is 5.89. The van der Waals surface area contributed by atoms with Gasteiger partial charge in [0.25, 0.3) is 0 Å². The first kappa shape index (κ1) is 14.9. The average Bonchev–Trinajstić information content (AvgIpc) is 2.83. The second-order valence-corrected chi connectivity index (χ2v) is 5.61. The third-order valence-electron chi connectivity index (χ3n) is 4.09. The van der Waals surface area contributed by atoms with Crippen LogP contribution in [0.4, 0.5) is 4.79 Å². The van der Waals surface area contributed by atoms with E-state index in [9.17, 15) is 4.79 Å². The molecule has 0 bridgehead atoms. The maximum absolute atomic E-state index is 12.1. The normalized spacial score (nSPS) is 16.6. The summed E-state index contributed by atoms with van der Waals surface area (Å²) in [4.78, 5) is 14.0. The summed E-state index contributed by atoms with van der Waals surface area (Å²) in [5.41, 5.74) is 0. The van der Waals surface area contributed by atoms with Crippen molar-refractivity contribution in [1.82, 2.24) is 20.0 Å². The Balaban J connectivity index is 1.65. The van der Waals surface area contributed by atoms with Gasteiger partial charge in [0.1, 0.15) is 0 Å². The fraction of sp³-hybridized carbons (Fsp3) is 0.733. The number of rotatable bonds is 5. The highest BCUT2D eigenvalue weighted by molar-refractivity contribution is 5.74. The smallest absolute Gasteiger partial charge is 0.317 e. The van der Waals surface area contributed by atoms with E-state index in [1.807, 2.05) is 28.9 Å². The molecule has 0 saturated heterocycles. The van der Waals surface area contributed by atoms with Crippen LogP contribution in [0.5, 0.6) is 0 Å². The van der Waals surface area contributed by atoms with Crippen LogP contribution in [0.15, 0.2) is 18.5 Å². The molecule has 0 aromatic carbocycles. The maximum atomic E-state index is 12.1. The minimum atomic E-state index is 0.0670. The molecule has 0 spiro atoms. The monoisotopic (exact) mass is 278 g/mol. The van der Waals surface area contributed by atoms with Gasteiger partial charge in [-0.2, -0.15) is 5.10 Å². The van der Waals surface area contributed by atoms with E-state index in [4.69, 9.17) is 0 Å². The van der Waals surface area contributed by atoms with Crippen molar-refractivity contribution in [3.63, 3.8) is 0 Å². The number of amides is 2. The Hall–Kier alpha value is -1.52. The molecular weight excluding hydrogens is 252 g/mol. The third-order valence-corrected chi connectivity index (χ3v) is 4.09. The van der Waals surface area contributed by atoms with E-state index in [1.54, 1.807) is 6.20 Å². The quantitative estimate of drug-likeness (QED) is 0.665. The number of aryl methyl sites for hydroxylation is 1. The number of carbonyl (C=O) groups excluding carboxylic acids is 1. The van der Waals surface area contributed by atoms with E-state index in [0.29, 0.717) is 12.6 Å². The molecule has 0 unspecified atom stereocenters. The number of carbonyl (C=O) groups is 1. The van der Waals surface area contributed by atoms with Crippen molar-refractivity contribution in [3.05, 3.63) is 18.5 Å². The van der Waals surface area contributed by atoms with Gasteiger partial charge >= 0.3 is 6.03 Å². The van der Waals surface area contributed by atoms with Crippen LogP contribution in [0.2, 0.25) is 0 Å². The lowest BCUT2D eigenvalue weighted by Gasteiger charge is -2.27. The summed E-state index contributed by atoms with van der Waals surface area (Å²) in [5.74, 6) is 0. The summed E-state index contributed by atoms with van der Waals surface area (Å²) in [5, 5.41) is 7.15. The molecule has 1 N–H and O–H groups in total. The second-order valence-electron chi connectivity index (χ2n) is 5.61. The topological polar surface area (TPSA) is 50.2 Å². The highest BCUT2D eigenvalue weighted by Gasteiger charge is 2.20. The molecule has 112 valence electrons. The summed E-state index contributed by atoms with van der Waals surface area (Å²) in [6.07, 6.45) is 12.1. The van der Waals surface area contributed by atoms with Crippen molar-refractivity contribution >= 4 is 6.03 Å². The van der Waals surface area contributed by atoms with Crippen LogP contribution in [-0.2, 0) is 6.54 Å². The number of nitrogens with one attached hydrogen (secondary N) is 1. The van der Waals surface area contributed by atoms with E-state index in [2.05, 4.69) is 10.4 Å². The van der Waals surface area contributed by atoms with Crippen LogP contribution in [0.25, 0.3) is 0 Å². The molecule has 5 heteroatoms. The molecule has 1 aliphatic rings. The Bertz CT molecular complexity index is 383. The Labute approximate surface area is 121 Å². The van der Waals surface area contributed by atoms with Gasteiger partial charge in [0.05, 0.1) is 0 Å². The molecular formula is C15H26N4O. The van der Waals surface area contributed by atoms with Crippen molar-refractivity contribution in [1.29, 1.82) is 0 Å². The highest BCUT2D eigenvalue weighted by atomic mass is 16.2. The summed E-state index contributed by atoms with van der Waals surface area (Å²) in [7, 11) is 1.93. The molecule has 1 saturated carbocycles.